The summed E-state index contributed by atoms with van der Waals surface area (Å²) in [7, 11) is 0. The summed E-state index contributed by atoms with van der Waals surface area (Å²) in [6.45, 7) is 6.75. The summed E-state index contributed by atoms with van der Waals surface area (Å²) in [5, 5.41) is 0. The lowest BCUT2D eigenvalue weighted by Gasteiger charge is -2.36. The quantitative estimate of drug-likeness (QED) is 0.750. The Balaban J connectivity index is 1.60. The third kappa shape index (κ3) is 4.33. The molecule has 2 atom stereocenters. The predicted octanol–water partition coefficient (Wildman–Crippen LogP) is 2.68. The van der Waals surface area contributed by atoms with Crippen LogP contribution in [0.15, 0.2) is 24.3 Å². The zero-order valence-electron chi connectivity index (χ0n) is 14.4. The summed E-state index contributed by atoms with van der Waals surface area (Å²) in [4.78, 5) is 17.0. The topological polar surface area (TPSA) is 32.8 Å². The second-order valence-corrected chi connectivity index (χ2v) is 6.91. The maximum Gasteiger partial charge on any atom is 0.225 e. The lowest BCUT2D eigenvalue weighted by atomic mass is 9.95. The van der Waals surface area contributed by atoms with Crippen molar-refractivity contribution in [2.24, 2.45) is 5.92 Å². The highest BCUT2D eigenvalue weighted by atomic mass is 19.1. The minimum absolute atomic E-state index is 0.194. The van der Waals surface area contributed by atoms with Gasteiger partial charge in [-0.3, -0.25) is 9.69 Å². The standard InChI is InChI=1S/C19H27FN2O2/c1-2-24-10-9-19(23)22-13-16-5-8-18(22)14-21(12-16)11-15-3-6-17(20)7-4-15/h3-4,6-7,16,18H,2,5,8-14H2,1H3/t16-,18+/m0/s1. The molecule has 3 aliphatic heterocycles. The molecule has 4 nitrogen and oxygen atoms in total. The molecule has 0 aromatic heterocycles. The maximum atomic E-state index is 13.1. The molecule has 0 radical (unpaired) electrons. The van der Waals surface area contributed by atoms with E-state index in [4.69, 9.17) is 4.74 Å². The third-order valence-corrected chi connectivity index (χ3v) is 5.09. The van der Waals surface area contributed by atoms with Crippen molar-refractivity contribution in [1.82, 2.24) is 9.80 Å². The largest absolute Gasteiger partial charge is 0.381 e. The molecule has 3 heterocycles. The average Bonchev–Trinajstić information content (AvgIpc) is 2.87. The summed E-state index contributed by atoms with van der Waals surface area (Å²) in [6.07, 6.45) is 2.76. The molecule has 1 aromatic carbocycles. The average molecular weight is 334 g/mol. The highest BCUT2D eigenvalue weighted by molar-refractivity contribution is 5.76. The van der Waals surface area contributed by atoms with Crippen LogP contribution in [0.1, 0.15) is 31.7 Å². The van der Waals surface area contributed by atoms with Crippen LogP contribution in [0, 0.1) is 11.7 Å². The minimum atomic E-state index is -0.194. The van der Waals surface area contributed by atoms with Crippen LogP contribution >= 0.6 is 0 Å². The van der Waals surface area contributed by atoms with Gasteiger partial charge >= 0.3 is 0 Å². The van der Waals surface area contributed by atoms with Crippen molar-refractivity contribution in [3.05, 3.63) is 35.6 Å². The normalized spacial score (nSPS) is 24.2. The fourth-order valence-corrected chi connectivity index (χ4v) is 3.91. The van der Waals surface area contributed by atoms with E-state index in [1.807, 2.05) is 19.1 Å². The molecule has 0 unspecified atom stereocenters. The number of carbonyl (C=O) groups is 1. The first kappa shape index (κ1) is 17.4. The Labute approximate surface area is 143 Å². The lowest BCUT2D eigenvalue weighted by molar-refractivity contribution is -0.136. The highest BCUT2D eigenvalue weighted by Crippen LogP contribution is 2.29. The van der Waals surface area contributed by atoms with Crippen LogP contribution < -0.4 is 0 Å². The molecule has 1 aromatic rings. The molecule has 24 heavy (non-hydrogen) atoms. The molecule has 0 spiro atoms. The van der Waals surface area contributed by atoms with Gasteiger partial charge in [0.2, 0.25) is 5.91 Å². The zero-order valence-corrected chi connectivity index (χ0v) is 14.4. The molecule has 3 saturated heterocycles. The maximum absolute atomic E-state index is 13.1. The minimum Gasteiger partial charge on any atom is -0.381 e. The van der Waals surface area contributed by atoms with Gasteiger partial charge in [0.1, 0.15) is 5.82 Å². The number of ether oxygens (including phenoxy) is 1. The zero-order chi connectivity index (χ0) is 16.9. The van der Waals surface area contributed by atoms with Crippen LogP contribution in [0.4, 0.5) is 4.39 Å². The predicted molar refractivity (Wildman–Crippen MR) is 91.0 cm³/mol. The fourth-order valence-electron chi connectivity index (χ4n) is 3.91. The van der Waals surface area contributed by atoms with Crippen LogP contribution in [-0.2, 0) is 16.1 Å². The first-order valence-electron chi connectivity index (χ1n) is 8.99. The summed E-state index contributed by atoms with van der Waals surface area (Å²) in [5.41, 5.74) is 1.13. The van der Waals surface area contributed by atoms with E-state index in [2.05, 4.69) is 9.80 Å². The number of rotatable bonds is 6. The van der Waals surface area contributed by atoms with Gasteiger partial charge in [-0.2, -0.15) is 0 Å². The number of hydrogen-bond donors (Lipinski definition) is 0. The Kier molecular flexibility index (Phi) is 5.85. The molecule has 0 aliphatic carbocycles. The van der Waals surface area contributed by atoms with Gasteiger partial charge in [-0.05, 0) is 43.4 Å². The van der Waals surface area contributed by atoms with Gasteiger partial charge in [0, 0.05) is 38.8 Å². The Bertz CT molecular complexity index is 549. The molecule has 3 fully saturated rings. The molecule has 2 bridgehead atoms. The Morgan fingerprint density at radius 1 is 1.21 bits per heavy atom. The van der Waals surface area contributed by atoms with Crippen molar-refractivity contribution in [2.45, 2.75) is 38.8 Å². The number of carbonyl (C=O) groups excluding carboxylic acids is 1. The molecule has 1 amide bonds. The van der Waals surface area contributed by atoms with Gasteiger partial charge < -0.3 is 9.64 Å². The Morgan fingerprint density at radius 2 is 2.00 bits per heavy atom. The number of hydrogen-bond acceptors (Lipinski definition) is 3. The third-order valence-electron chi connectivity index (χ3n) is 5.09. The van der Waals surface area contributed by atoms with E-state index >= 15 is 0 Å². The van der Waals surface area contributed by atoms with E-state index in [0.29, 0.717) is 31.6 Å². The second-order valence-electron chi connectivity index (χ2n) is 6.91. The van der Waals surface area contributed by atoms with E-state index in [-0.39, 0.29) is 11.7 Å². The van der Waals surface area contributed by atoms with E-state index < -0.39 is 0 Å². The molecule has 0 N–H and O–H groups in total. The molecule has 3 aliphatic rings. The molecule has 0 saturated carbocycles. The van der Waals surface area contributed by atoms with E-state index in [1.165, 1.54) is 18.6 Å². The van der Waals surface area contributed by atoms with Crippen molar-refractivity contribution < 1.29 is 13.9 Å². The van der Waals surface area contributed by atoms with Crippen molar-refractivity contribution in [3.8, 4) is 0 Å². The molecule has 5 heteroatoms. The van der Waals surface area contributed by atoms with Crippen molar-refractivity contribution >= 4 is 5.91 Å². The number of nitrogens with zero attached hydrogens (tertiary/aromatic N) is 2. The lowest BCUT2D eigenvalue weighted by Crippen LogP contribution is -2.47. The summed E-state index contributed by atoms with van der Waals surface area (Å²) in [6, 6.07) is 7.05. The molecular formula is C19H27FN2O2. The summed E-state index contributed by atoms with van der Waals surface area (Å²) < 4.78 is 18.4. The number of halogens is 1. The number of amides is 1. The first-order valence-corrected chi connectivity index (χ1v) is 8.99. The molecule has 132 valence electrons. The highest BCUT2D eigenvalue weighted by Gasteiger charge is 2.36. The van der Waals surface area contributed by atoms with Gasteiger partial charge in [0.25, 0.3) is 0 Å². The van der Waals surface area contributed by atoms with Gasteiger partial charge in [-0.15, -0.1) is 0 Å². The Morgan fingerprint density at radius 3 is 2.75 bits per heavy atom. The fraction of sp³-hybridized carbons (Fsp3) is 0.632. The van der Waals surface area contributed by atoms with Crippen LogP contribution in [-0.4, -0.2) is 54.6 Å². The van der Waals surface area contributed by atoms with Gasteiger partial charge in [-0.1, -0.05) is 12.1 Å². The van der Waals surface area contributed by atoms with Crippen molar-refractivity contribution in [3.63, 3.8) is 0 Å². The van der Waals surface area contributed by atoms with Crippen LogP contribution in [0.25, 0.3) is 0 Å². The van der Waals surface area contributed by atoms with E-state index in [9.17, 15) is 9.18 Å². The van der Waals surface area contributed by atoms with Crippen LogP contribution in [0.5, 0.6) is 0 Å². The summed E-state index contributed by atoms with van der Waals surface area (Å²) in [5.74, 6) is 0.572. The van der Waals surface area contributed by atoms with Crippen molar-refractivity contribution in [1.29, 1.82) is 0 Å². The van der Waals surface area contributed by atoms with E-state index in [0.717, 1.165) is 38.2 Å². The van der Waals surface area contributed by atoms with Gasteiger partial charge in [0.05, 0.1) is 13.0 Å². The second kappa shape index (κ2) is 8.08. The molecular weight excluding hydrogens is 307 g/mol. The number of benzene rings is 1. The smallest absolute Gasteiger partial charge is 0.225 e. The van der Waals surface area contributed by atoms with E-state index in [1.54, 1.807) is 0 Å². The van der Waals surface area contributed by atoms with Crippen LogP contribution in [0.2, 0.25) is 0 Å². The SMILES string of the molecule is CCOCCC(=O)N1C[C@H]2CC[C@@H]1CN(Cc1ccc(F)cc1)C2. The Hall–Kier alpha value is -1.46. The van der Waals surface area contributed by atoms with Gasteiger partial charge in [0.15, 0.2) is 0 Å². The van der Waals surface area contributed by atoms with Crippen LogP contribution in [0.3, 0.4) is 0 Å². The van der Waals surface area contributed by atoms with Crippen molar-refractivity contribution in [2.75, 3.05) is 32.8 Å². The summed E-state index contributed by atoms with van der Waals surface area (Å²) >= 11 is 0. The number of piperidine rings is 1. The first-order chi connectivity index (χ1) is 11.7. The van der Waals surface area contributed by atoms with Gasteiger partial charge in [-0.25, -0.2) is 4.39 Å². The molecule has 4 rings (SSSR count). The monoisotopic (exact) mass is 334 g/mol. The number of fused-ring (bicyclic) bond motifs is 4.